The Labute approximate surface area is 138 Å². The topological polar surface area (TPSA) is 15.3 Å². The van der Waals surface area contributed by atoms with Crippen LogP contribution in [0.3, 0.4) is 0 Å². The van der Waals surface area contributed by atoms with Crippen LogP contribution in [0.1, 0.15) is 45.2 Å². The van der Waals surface area contributed by atoms with Crippen molar-refractivity contribution in [1.29, 1.82) is 0 Å². The summed E-state index contributed by atoms with van der Waals surface area (Å²) in [6.45, 7) is 10.0. The van der Waals surface area contributed by atoms with Crippen molar-refractivity contribution in [2.75, 3.05) is 19.6 Å². The summed E-state index contributed by atoms with van der Waals surface area (Å²) in [6.07, 6.45) is 2.58. The molecule has 118 valence electrons. The number of hydrogen-bond acceptors (Lipinski definition) is 2. The molecule has 1 fully saturated rings. The van der Waals surface area contributed by atoms with Crippen molar-refractivity contribution < 1.29 is 0 Å². The first-order chi connectivity index (χ1) is 9.97. The number of hydrogen-bond donors (Lipinski definition) is 1. The van der Waals surface area contributed by atoms with Crippen LogP contribution in [-0.4, -0.2) is 30.6 Å². The summed E-state index contributed by atoms with van der Waals surface area (Å²) in [5, 5.41) is 5.04. The van der Waals surface area contributed by atoms with Gasteiger partial charge in [0.2, 0.25) is 0 Å². The Bertz CT molecular complexity index is 462. The van der Waals surface area contributed by atoms with E-state index in [2.05, 4.69) is 37.1 Å². The molecule has 2 atom stereocenters. The first kappa shape index (κ1) is 17.1. The molecule has 4 heteroatoms. The second-order valence-corrected chi connectivity index (χ2v) is 7.25. The lowest BCUT2D eigenvalue weighted by Gasteiger charge is -2.37. The molecule has 0 aliphatic carbocycles. The molecule has 1 aromatic carbocycles. The largest absolute Gasteiger partial charge is 0.314 e. The lowest BCUT2D eigenvalue weighted by atomic mass is 9.95. The normalized spacial score (nSPS) is 21.7. The Kier molecular flexibility index (Phi) is 6.36. The van der Waals surface area contributed by atoms with Gasteiger partial charge in [-0.2, -0.15) is 0 Å². The smallest absolute Gasteiger partial charge is 0.0468 e. The van der Waals surface area contributed by atoms with Crippen molar-refractivity contribution in [3.05, 3.63) is 33.8 Å². The molecule has 0 saturated carbocycles. The zero-order valence-electron chi connectivity index (χ0n) is 13.2. The fourth-order valence-corrected chi connectivity index (χ4v) is 3.62. The number of piperidine rings is 1. The van der Waals surface area contributed by atoms with Crippen molar-refractivity contribution in [2.45, 2.75) is 45.7 Å². The molecule has 2 unspecified atom stereocenters. The van der Waals surface area contributed by atoms with Gasteiger partial charge in [-0.05, 0) is 56.5 Å². The Balaban J connectivity index is 1.99. The van der Waals surface area contributed by atoms with E-state index in [1.807, 2.05) is 12.1 Å². The van der Waals surface area contributed by atoms with Crippen molar-refractivity contribution >= 4 is 23.2 Å². The van der Waals surface area contributed by atoms with Gasteiger partial charge in [0.15, 0.2) is 0 Å². The number of nitrogens with zero attached hydrogens (tertiary/aromatic N) is 1. The molecule has 1 N–H and O–H groups in total. The first-order valence-electron chi connectivity index (χ1n) is 7.89. The Morgan fingerprint density at radius 2 is 2.05 bits per heavy atom. The molecule has 1 saturated heterocycles. The Hall–Kier alpha value is -0.280. The SMILES string of the molecule is CC(C)NCC1CCCN(C(C)c2ccc(Cl)cc2Cl)C1. The van der Waals surface area contributed by atoms with Crippen molar-refractivity contribution in [3.8, 4) is 0 Å². The number of benzene rings is 1. The van der Waals surface area contributed by atoms with Gasteiger partial charge in [0.25, 0.3) is 0 Å². The van der Waals surface area contributed by atoms with E-state index in [-0.39, 0.29) is 0 Å². The highest BCUT2D eigenvalue weighted by molar-refractivity contribution is 6.35. The first-order valence-corrected chi connectivity index (χ1v) is 8.65. The number of rotatable bonds is 5. The second kappa shape index (κ2) is 7.82. The van der Waals surface area contributed by atoms with E-state index in [0.717, 1.165) is 30.6 Å². The maximum Gasteiger partial charge on any atom is 0.0468 e. The van der Waals surface area contributed by atoms with E-state index in [4.69, 9.17) is 23.2 Å². The number of likely N-dealkylation sites (tertiary alicyclic amines) is 1. The summed E-state index contributed by atoms with van der Waals surface area (Å²) >= 11 is 12.4. The van der Waals surface area contributed by atoms with Gasteiger partial charge in [0, 0.05) is 28.7 Å². The summed E-state index contributed by atoms with van der Waals surface area (Å²) in [5.41, 5.74) is 1.18. The molecule has 1 aromatic rings. The van der Waals surface area contributed by atoms with Crippen LogP contribution in [0.2, 0.25) is 10.0 Å². The minimum Gasteiger partial charge on any atom is -0.314 e. The second-order valence-electron chi connectivity index (χ2n) is 6.41. The average molecular weight is 329 g/mol. The van der Waals surface area contributed by atoms with Crippen LogP contribution in [0.5, 0.6) is 0 Å². The van der Waals surface area contributed by atoms with Crippen LogP contribution in [0.15, 0.2) is 18.2 Å². The minimum atomic E-state index is 0.344. The summed E-state index contributed by atoms with van der Waals surface area (Å²) in [6, 6.07) is 6.74. The van der Waals surface area contributed by atoms with Gasteiger partial charge >= 0.3 is 0 Å². The highest BCUT2D eigenvalue weighted by Crippen LogP contribution is 2.32. The molecular formula is C17H26Cl2N2. The summed E-state index contributed by atoms with van der Waals surface area (Å²) < 4.78 is 0. The molecule has 2 rings (SSSR count). The zero-order chi connectivity index (χ0) is 15.4. The van der Waals surface area contributed by atoms with E-state index in [1.165, 1.54) is 18.4 Å². The van der Waals surface area contributed by atoms with Crippen LogP contribution in [0.4, 0.5) is 0 Å². The van der Waals surface area contributed by atoms with Gasteiger partial charge in [-0.25, -0.2) is 0 Å². The highest BCUT2D eigenvalue weighted by Gasteiger charge is 2.25. The Morgan fingerprint density at radius 3 is 2.71 bits per heavy atom. The van der Waals surface area contributed by atoms with E-state index >= 15 is 0 Å². The van der Waals surface area contributed by atoms with Gasteiger partial charge in [0.05, 0.1) is 0 Å². The lowest BCUT2D eigenvalue weighted by Crippen LogP contribution is -2.42. The van der Waals surface area contributed by atoms with Crippen molar-refractivity contribution in [3.63, 3.8) is 0 Å². The van der Waals surface area contributed by atoms with Gasteiger partial charge in [0.1, 0.15) is 0 Å². The third-order valence-electron chi connectivity index (χ3n) is 4.33. The maximum absolute atomic E-state index is 6.36. The monoisotopic (exact) mass is 328 g/mol. The number of halogens is 2. The van der Waals surface area contributed by atoms with Gasteiger partial charge in [-0.3, -0.25) is 4.90 Å². The third-order valence-corrected chi connectivity index (χ3v) is 4.89. The fraction of sp³-hybridized carbons (Fsp3) is 0.647. The number of nitrogens with one attached hydrogen (secondary N) is 1. The molecule has 0 aromatic heterocycles. The molecule has 1 aliphatic rings. The predicted molar refractivity (Wildman–Crippen MR) is 92.3 cm³/mol. The van der Waals surface area contributed by atoms with Crippen molar-refractivity contribution in [2.24, 2.45) is 5.92 Å². The molecular weight excluding hydrogens is 303 g/mol. The third kappa shape index (κ3) is 4.85. The zero-order valence-corrected chi connectivity index (χ0v) is 14.7. The lowest BCUT2D eigenvalue weighted by molar-refractivity contribution is 0.129. The van der Waals surface area contributed by atoms with Crippen molar-refractivity contribution in [1.82, 2.24) is 10.2 Å². The minimum absolute atomic E-state index is 0.344. The molecule has 0 bridgehead atoms. The molecule has 2 nitrogen and oxygen atoms in total. The molecule has 1 aliphatic heterocycles. The van der Waals surface area contributed by atoms with E-state index in [1.54, 1.807) is 0 Å². The maximum atomic E-state index is 6.36. The van der Waals surface area contributed by atoms with E-state index in [0.29, 0.717) is 17.1 Å². The Morgan fingerprint density at radius 1 is 1.29 bits per heavy atom. The van der Waals surface area contributed by atoms with E-state index in [9.17, 15) is 0 Å². The molecule has 21 heavy (non-hydrogen) atoms. The van der Waals surface area contributed by atoms with Crippen LogP contribution in [0.25, 0.3) is 0 Å². The molecule has 0 radical (unpaired) electrons. The van der Waals surface area contributed by atoms with E-state index < -0.39 is 0 Å². The van der Waals surface area contributed by atoms with Crippen LogP contribution in [-0.2, 0) is 0 Å². The predicted octanol–water partition coefficient (Wildman–Crippen LogP) is 4.76. The fourth-order valence-electron chi connectivity index (χ4n) is 3.06. The van der Waals surface area contributed by atoms with Crippen LogP contribution >= 0.6 is 23.2 Å². The summed E-state index contributed by atoms with van der Waals surface area (Å²) in [7, 11) is 0. The molecule has 0 amide bonds. The quantitative estimate of drug-likeness (QED) is 0.837. The van der Waals surface area contributed by atoms with Crippen LogP contribution < -0.4 is 5.32 Å². The summed E-state index contributed by atoms with van der Waals surface area (Å²) in [5.74, 6) is 0.731. The van der Waals surface area contributed by atoms with Crippen LogP contribution in [0, 0.1) is 5.92 Å². The van der Waals surface area contributed by atoms with Gasteiger partial charge in [-0.15, -0.1) is 0 Å². The molecule has 0 spiro atoms. The molecule has 1 heterocycles. The highest BCUT2D eigenvalue weighted by atomic mass is 35.5. The standard InChI is InChI=1S/C17H26Cl2N2/c1-12(2)20-10-14-5-4-8-21(11-14)13(3)16-7-6-15(18)9-17(16)19/h6-7,9,12-14,20H,4-5,8,10-11H2,1-3H3. The average Bonchev–Trinajstić information content (AvgIpc) is 2.45. The van der Waals surface area contributed by atoms with Gasteiger partial charge < -0.3 is 5.32 Å². The summed E-state index contributed by atoms with van der Waals surface area (Å²) in [4.78, 5) is 2.55. The van der Waals surface area contributed by atoms with Gasteiger partial charge in [-0.1, -0.05) is 43.1 Å².